The van der Waals surface area contributed by atoms with Crippen molar-refractivity contribution < 1.29 is 19.7 Å². The zero-order valence-corrected chi connectivity index (χ0v) is 9.94. The minimum absolute atomic E-state index is 0.000773. The van der Waals surface area contributed by atoms with Crippen molar-refractivity contribution in [3.8, 4) is 0 Å². The molecule has 0 heterocycles. The molecule has 0 aliphatic heterocycles. The van der Waals surface area contributed by atoms with Gasteiger partial charge in [-0.2, -0.15) is 0 Å². The van der Waals surface area contributed by atoms with Crippen molar-refractivity contribution in [1.29, 1.82) is 0 Å². The molecule has 0 unspecified atom stereocenters. The van der Waals surface area contributed by atoms with Crippen LogP contribution in [-0.2, 0) is 11.2 Å². The van der Waals surface area contributed by atoms with E-state index in [1.807, 2.05) is 0 Å². The summed E-state index contributed by atoms with van der Waals surface area (Å²) in [4.78, 5) is 30.3. The summed E-state index contributed by atoms with van der Waals surface area (Å²) in [5, 5.41) is 29.8. The van der Waals surface area contributed by atoms with Crippen molar-refractivity contribution in [3.63, 3.8) is 0 Å². The highest BCUT2D eigenvalue weighted by Crippen LogP contribution is 2.26. The lowest BCUT2D eigenvalue weighted by molar-refractivity contribution is -0.394. The highest BCUT2D eigenvalue weighted by Gasteiger charge is 2.18. The Morgan fingerprint density at radius 3 is 2.37 bits per heavy atom. The summed E-state index contributed by atoms with van der Waals surface area (Å²) in [6, 6.07) is 3.48. The summed E-state index contributed by atoms with van der Waals surface area (Å²) in [5.74, 6) is -0.918. The van der Waals surface area contributed by atoms with Gasteiger partial charge in [-0.05, 0) is 25.3 Å². The lowest BCUT2D eigenvalue weighted by Gasteiger charge is -2.02. The highest BCUT2D eigenvalue weighted by atomic mass is 16.6. The second-order valence-corrected chi connectivity index (χ2v) is 3.93. The van der Waals surface area contributed by atoms with Gasteiger partial charge in [0.25, 0.3) is 11.4 Å². The van der Waals surface area contributed by atoms with E-state index in [9.17, 15) is 25.0 Å². The molecule has 0 saturated carbocycles. The fourth-order valence-electron chi connectivity index (χ4n) is 1.64. The molecule has 0 saturated heterocycles. The number of aliphatic carboxylic acids is 1. The second-order valence-electron chi connectivity index (χ2n) is 3.93. The molecule has 102 valence electrons. The first-order chi connectivity index (χ1) is 8.91. The van der Waals surface area contributed by atoms with E-state index in [0.29, 0.717) is 24.8 Å². The SMILES string of the molecule is O=C(O)CCCCc1ccc([N+](=O)[O-])cc1[N+](=O)[O-]. The van der Waals surface area contributed by atoms with E-state index in [-0.39, 0.29) is 17.8 Å². The minimum atomic E-state index is -0.918. The molecule has 0 fully saturated rings. The molecule has 1 N–H and O–H groups in total. The number of carboxylic acids is 1. The van der Waals surface area contributed by atoms with Gasteiger partial charge in [0.2, 0.25) is 0 Å². The molecule has 0 aromatic heterocycles. The fourth-order valence-corrected chi connectivity index (χ4v) is 1.64. The molecule has 1 aromatic carbocycles. The van der Waals surface area contributed by atoms with E-state index in [2.05, 4.69) is 0 Å². The molecule has 0 radical (unpaired) electrons. The molecule has 0 aliphatic carbocycles. The Morgan fingerprint density at radius 2 is 1.84 bits per heavy atom. The number of unbranched alkanes of at least 4 members (excludes halogenated alkanes) is 1. The van der Waals surface area contributed by atoms with Crippen LogP contribution in [0.5, 0.6) is 0 Å². The third kappa shape index (κ3) is 4.34. The summed E-state index contributed by atoms with van der Waals surface area (Å²) < 4.78 is 0. The Hall–Kier alpha value is -2.51. The number of nitro groups is 2. The summed E-state index contributed by atoms with van der Waals surface area (Å²) in [5.41, 5.74) is -0.258. The summed E-state index contributed by atoms with van der Waals surface area (Å²) in [6.45, 7) is 0. The van der Waals surface area contributed by atoms with E-state index in [4.69, 9.17) is 5.11 Å². The molecular formula is C11H12N2O6. The first-order valence-corrected chi connectivity index (χ1v) is 5.55. The molecule has 19 heavy (non-hydrogen) atoms. The van der Waals surface area contributed by atoms with Gasteiger partial charge in [-0.1, -0.05) is 0 Å². The molecule has 0 amide bonds. The van der Waals surface area contributed by atoms with Crippen molar-refractivity contribution in [1.82, 2.24) is 0 Å². The number of nitrogens with zero attached hydrogens (tertiary/aromatic N) is 2. The maximum absolute atomic E-state index is 10.8. The van der Waals surface area contributed by atoms with Gasteiger partial charge in [0.05, 0.1) is 15.9 Å². The number of nitro benzene ring substituents is 2. The Morgan fingerprint density at radius 1 is 1.16 bits per heavy atom. The van der Waals surface area contributed by atoms with Crippen LogP contribution in [0.1, 0.15) is 24.8 Å². The molecular weight excluding hydrogens is 256 g/mol. The molecule has 8 nitrogen and oxygen atoms in total. The number of non-ortho nitro benzene ring substituents is 1. The smallest absolute Gasteiger partial charge is 0.303 e. The Balaban J connectivity index is 2.79. The second kappa shape index (κ2) is 6.43. The molecule has 8 heteroatoms. The minimum Gasteiger partial charge on any atom is -0.481 e. The van der Waals surface area contributed by atoms with E-state index >= 15 is 0 Å². The number of carboxylic acid groups (broad SMARTS) is 1. The van der Waals surface area contributed by atoms with Gasteiger partial charge in [0.1, 0.15) is 0 Å². The zero-order valence-electron chi connectivity index (χ0n) is 9.94. The molecule has 1 rings (SSSR count). The molecule has 0 bridgehead atoms. The van der Waals surface area contributed by atoms with Crippen LogP contribution < -0.4 is 0 Å². The van der Waals surface area contributed by atoms with E-state index in [0.717, 1.165) is 6.07 Å². The maximum Gasteiger partial charge on any atom is 0.303 e. The molecule has 0 aliphatic rings. The van der Waals surface area contributed by atoms with Crippen LogP contribution in [-0.4, -0.2) is 20.9 Å². The van der Waals surface area contributed by atoms with Crippen molar-refractivity contribution in [2.45, 2.75) is 25.7 Å². The van der Waals surface area contributed by atoms with Crippen molar-refractivity contribution in [2.75, 3.05) is 0 Å². The number of hydrogen-bond acceptors (Lipinski definition) is 5. The third-order valence-electron chi connectivity index (χ3n) is 2.56. The summed E-state index contributed by atoms with van der Waals surface area (Å²) >= 11 is 0. The van der Waals surface area contributed by atoms with Crippen LogP contribution in [0.3, 0.4) is 0 Å². The molecule has 0 atom stereocenters. The predicted octanol–water partition coefficient (Wildman–Crippen LogP) is 2.30. The first kappa shape index (κ1) is 14.6. The quantitative estimate of drug-likeness (QED) is 0.459. The highest BCUT2D eigenvalue weighted by molar-refractivity contribution is 5.66. The normalized spacial score (nSPS) is 10.1. The Bertz CT molecular complexity index is 514. The topological polar surface area (TPSA) is 124 Å². The third-order valence-corrected chi connectivity index (χ3v) is 2.56. The monoisotopic (exact) mass is 268 g/mol. The van der Waals surface area contributed by atoms with Gasteiger partial charge in [0, 0.05) is 18.1 Å². The van der Waals surface area contributed by atoms with Crippen molar-refractivity contribution in [3.05, 3.63) is 44.0 Å². The number of benzene rings is 1. The van der Waals surface area contributed by atoms with E-state index in [1.54, 1.807) is 0 Å². The van der Waals surface area contributed by atoms with Gasteiger partial charge in [0.15, 0.2) is 0 Å². The summed E-state index contributed by atoms with van der Waals surface area (Å²) in [6.07, 6.45) is 1.21. The fraction of sp³-hybridized carbons (Fsp3) is 0.364. The van der Waals surface area contributed by atoms with Crippen LogP contribution in [0.15, 0.2) is 18.2 Å². The predicted molar refractivity (Wildman–Crippen MR) is 64.9 cm³/mol. The number of hydrogen-bond donors (Lipinski definition) is 1. The van der Waals surface area contributed by atoms with Gasteiger partial charge in [-0.15, -0.1) is 0 Å². The van der Waals surface area contributed by atoms with Crippen LogP contribution >= 0.6 is 0 Å². The van der Waals surface area contributed by atoms with Gasteiger partial charge in [-0.3, -0.25) is 25.0 Å². The Labute approximate surface area is 108 Å². The average Bonchev–Trinajstić information content (AvgIpc) is 2.34. The molecule has 0 spiro atoms. The largest absolute Gasteiger partial charge is 0.481 e. The van der Waals surface area contributed by atoms with Crippen molar-refractivity contribution in [2.24, 2.45) is 0 Å². The Kier molecular flexibility index (Phi) is 4.92. The standard InChI is InChI=1S/C11H12N2O6/c14-11(15)4-2-1-3-8-5-6-9(12(16)17)7-10(8)13(18)19/h5-7H,1-4H2,(H,14,15). The van der Waals surface area contributed by atoms with Gasteiger partial charge in [-0.25, -0.2) is 0 Å². The van der Waals surface area contributed by atoms with Crippen LogP contribution in [0.4, 0.5) is 11.4 Å². The maximum atomic E-state index is 10.8. The average molecular weight is 268 g/mol. The van der Waals surface area contributed by atoms with E-state index in [1.165, 1.54) is 12.1 Å². The number of rotatable bonds is 7. The summed E-state index contributed by atoms with van der Waals surface area (Å²) in [7, 11) is 0. The lowest BCUT2D eigenvalue weighted by atomic mass is 10.0. The van der Waals surface area contributed by atoms with E-state index < -0.39 is 15.8 Å². The lowest BCUT2D eigenvalue weighted by Crippen LogP contribution is -1.99. The zero-order chi connectivity index (χ0) is 14.4. The van der Waals surface area contributed by atoms with Crippen LogP contribution in [0.25, 0.3) is 0 Å². The number of aryl methyl sites for hydroxylation is 1. The van der Waals surface area contributed by atoms with Crippen LogP contribution in [0.2, 0.25) is 0 Å². The molecule has 1 aromatic rings. The van der Waals surface area contributed by atoms with Crippen LogP contribution in [0, 0.1) is 20.2 Å². The first-order valence-electron chi connectivity index (χ1n) is 5.55. The van der Waals surface area contributed by atoms with Gasteiger partial charge < -0.3 is 5.11 Å². The van der Waals surface area contributed by atoms with Gasteiger partial charge >= 0.3 is 5.97 Å². The van der Waals surface area contributed by atoms with Crippen molar-refractivity contribution >= 4 is 17.3 Å². The number of carbonyl (C=O) groups is 1.